The molecule has 7 nitrogen and oxygen atoms in total. The SMILES string of the molecule is CN(C)CCn1nc(C(=O)C2COc3ccccc3C2)c2ccc(-c3cn[nH]c3C(F)(F)F)cc21. The number of hydrogen-bond acceptors (Lipinski definition) is 5. The van der Waals surface area contributed by atoms with Crippen LogP contribution in [0.4, 0.5) is 13.2 Å². The van der Waals surface area contributed by atoms with Crippen LogP contribution in [0.3, 0.4) is 0 Å². The minimum Gasteiger partial charge on any atom is -0.493 e. The molecule has 35 heavy (non-hydrogen) atoms. The molecule has 2 aromatic carbocycles. The number of benzene rings is 2. The van der Waals surface area contributed by atoms with Gasteiger partial charge in [0.15, 0.2) is 5.78 Å². The topological polar surface area (TPSA) is 76.0 Å². The lowest BCUT2D eigenvalue weighted by Crippen LogP contribution is -2.29. The highest BCUT2D eigenvalue weighted by molar-refractivity contribution is 6.08. The molecule has 182 valence electrons. The zero-order chi connectivity index (χ0) is 24.7. The third-order valence-corrected chi connectivity index (χ3v) is 6.23. The van der Waals surface area contributed by atoms with Gasteiger partial charge in [0.05, 0.1) is 30.8 Å². The van der Waals surface area contributed by atoms with Crippen LogP contribution in [0.15, 0.2) is 48.7 Å². The van der Waals surface area contributed by atoms with Gasteiger partial charge in [-0.1, -0.05) is 24.3 Å². The van der Waals surface area contributed by atoms with Crippen LogP contribution in [-0.2, 0) is 19.1 Å². The van der Waals surface area contributed by atoms with Crippen molar-refractivity contribution in [3.05, 3.63) is 65.6 Å². The van der Waals surface area contributed by atoms with E-state index in [4.69, 9.17) is 4.74 Å². The summed E-state index contributed by atoms with van der Waals surface area (Å²) in [5, 5.41) is 10.9. The normalized spacial score (nSPS) is 15.9. The Morgan fingerprint density at radius 3 is 2.80 bits per heavy atom. The van der Waals surface area contributed by atoms with Gasteiger partial charge < -0.3 is 9.64 Å². The van der Waals surface area contributed by atoms with E-state index in [1.54, 1.807) is 22.9 Å². The molecule has 1 aliphatic rings. The summed E-state index contributed by atoms with van der Waals surface area (Å²) in [7, 11) is 3.84. The number of para-hydroxylation sites is 1. The van der Waals surface area contributed by atoms with Gasteiger partial charge in [-0.25, -0.2) is 0 Å². The van der Waals surface area contributed by atoms with Crippen molar-refractivity contribution >= 4 is 16.7 Å². The maximum Gasteiger partial charge on any atom is 0.433 e. The fourth-order valence-corrected chi connectivity index (χ4v) is 4.40. The minimum atomic E-state index is -4.57. The van der Waals surface area contributed by atoms with E-state index in [9.17, 15) is 18.0 Å². The Kier molecular flexibility index (Phi) is 5.84. The largest absolute Gasteiger partial charge is 0.493 e. The van der Waals surface area contributed by atoms with Gasteiger partial charge in [-0.15, -0.1) is 0 Å². The Bertz CT molecular complexity index is 1390. The van der Waals surface area contributed by atoms with Gasteiger partial charge in [0, 0.05) is 17.5 Å². The number of ketones is 1. The number of hydrogen-bond donors (Lipinski definition) is 1. The van der Waals surface area contributed by atoms with Crippen molar-refractivity contribution in [3.8, 4) is 16.9 Å². The van der Waals surface area contributed by atoms with Crippen molar-refractivity contribution in [2.45, 2.75) is 19.1 Å². The van der Waals surface area contributed by atoms with E-state index in [0.717, 1.165) is 17.5 Å². The molecule has 0 saturated carbocycles. The van der Waals surface area contributed by atoms with Crippen LogP contribution >= 0.6 is 0 Å². The van der Waals surface area contributed by atoms with Crippen LogP contribution in [0, 0.1) is 5.92 Å². The van der Waals surface area contributed by atoms with Gasteiger partial charge in [0.2, 0.25) is 0 Å². The first-order valence-electron chi connectivity index (χ1n) is 11.2. The second kappa shape index (κ2) is 8.84. The molecule has 0 radical (unpaired) electrons. The number of aromatic amines is 1. The summed E-state index contributed by atoms with van der Waals surface area (Å²) in [5.74, 6) is 0.249. The third-order valence-electron chi connectivity index (χ3n) is 6.23. The highest BCUT2D eigenvalue weighted by Gasteiger charge is 2.36. The number of nitrogens with zero attached hydrogens (tertiary/aromatic N) is 4. The lowest BCUT2D eigenvalue weighted by atomic mass is 9.91. The van der Waals surface area contributed by atoms with Gasteiger partial charge in [0.1, 0.15) is 17.1 Å². The number of likely N-dealkylation sites (N-methyl/N-ethyl adjacent to an activating group) is 1. The number of carbonyl (C=O) groups excluding carboxylic acids is 1. The number of Topliss-reactive ketones (excluding diaryl/α,β-unsaturated/α-hetero) is 1. The Labute approximate surface area is 199 Å². The molecule has 0 fully saturated rings. The molecule has 10 heteroatoms. The minimum absolute atomic E-state index is 0.0510. The molecule has 0 amide bonds. The Balaban J connectivity index is 1.55. The third kappa shape index (κ3) is 4.41. The zero-order valence-electron chi connectivity index (χ0n) is 19.3. The van der Waals surface area contributed by atoms with Crippen molar-refractivity contribution in [2.24, 2.45) is 5.92 Å². The fraction of sp³-hybridized carbons (Fsp3) is 0.320. The molecular weight excluding hydrogens is 459 g/mol. The fourth-order valence-electron chi connectivity index (χ4n) is 4.40. The van der Waals surface area contributed by atoms with Crippen molar-refractivity contribution in [1.82, 2.24) is 24.9 Å². The maximum absolute atomic E-state index is 13.5. The van der Waals surface area contributed by atoms with Gasteiger partial charge in [0.25, 0.3) is 0 Å². The molecule has 5 rings (SSSR count). The summed E-state index contributed by atoms with van der Waals surface area (Å²) in [6.07, 6.45) is -2.86. The number of carbonyl (C=O) groups is 1. The van der Waals surface area contributed by atoms with Crippen molar-refractivity contribution in [1.29, 1.82) is 0 Å². The monoisotopic (exact) mass is 483 g/mol. The Morgan fingerprint density at radius 1 is 1.23 bits per heavy atom. The molecular formula is C25H24F3N5O2. The summed E-state index contributed by atoms with van der Waals surface area (Å²) < 4.78 is 47.8. The molecule has 1 atom stereocenters. The number of alkyl halides is 3. The summed E-state index contributed by atoms with van der Waals surface area (Å²) in [6, 6.07) is 12.5. The van der Waals surface area contributed by atoms with E-state index in [-0.39, 0.29) is 18.0 Å². The highest BCUT2D eigenvalue weighted by atomic mass is 19.4. The van der Waals surface area contributed by atoms with Gasteiger partial charge >= 0.3 is 6.18 Å². The summed E-state index contributed by atoms with van der Waals surface area (Å²) >= 11 is 0. The lowest BCUT2D eigenvalue weighted by Gasteiger charge is -2.23. The Hall–Kier alpha value is -3.66. The number of rotatable bonds is 6. The van der Waals surface area contributed by atoms with E-state index in [1.807, 2.05) is 48.4 Å². The molecule has 0 spiro atoms. The average Bonchev–Trinajstić information content (AvgIpc) is 3.47. The first-order chi connectivity index (χ1) is 16.7. The standard InChI is InChI=1S/C25H24F3N5O2/c1-32(2)9-10-33-20-12-15(19-13-29-30-24(19)25(26,27)28)7-8-18(20)22(31-33)23(34)17-11-16-5-3-4-6-21(16)35-14-17/h3-8,12-13,17H,9-11,14H2,1-2H3,(H,29,30). The Morgan fingerprint density at radius 2 is 2.03 bits per heavy atom. The number of fused-ring (bicyclic) bond motifs is 2. The van der Waals surface area contributed by atoms with Crippen molar-refractivity contribution < 1.29 is 22.7 Å². The molecule has 1 N–H and O–H groups in total. The molecule has 4 aromatic rings. The van der Waals surface area contributed by atoms with E-state index in [0.29, 0.717) is 41.7 Å². The van der Waals surface area contributed by atoms with Crippen LogP contribution in [-0.4, -0.2) is 57.9 Å². The van der Waals surface area contributed by atoms with Crippen molar-refractivity contribution in [3.63, 3.8) is 0 Å². The molecule has 0 bridgehead atoms. The van der Waals surface area contributed by atoms with Crippen LogP contribution in [0.2, 0.25) is 0 Å². The summed E-state index contributed by atoms with van der Waals surface area (Å²) in [6.45, 7) is 1.37. The van der Waals surface area contributed by atoms with Crippen molar-refractivity contribution in [2.75, 3.05) is 27.2 Å². The lowest BCUT2D eigenvalue weighted by molar-refractivity contribution is -0.140. The van der Waals surface area contributed by atoms with E-state index in [1.165, 1.54) is 0 Å². The average molecular weight is 483 g/mol. The summed E-state index contributed by atoms with van der Waals surface area (Å²) in [5.41, 5.74) is 1.25. The first kappa shape index (κ1) is 23.1. The van der Waals surface area contributed by atoms with Crippen LogP contribution in [0.1, 0.15) is 21.7 Å². The van der Waals surface area contributed by atoms with E-state index < -0.39 is 17.8 Å². The number of halogens is 3. The van der Waals surface area contributed by atoms with Gasteiger partial charge in [-0.2, -0.15) is 23.4 Å². The number of ether oxygens (including phenoxy) is 1. The predicted octanol–water partition coefficient (Wildman–Crippen LogP) is 4.44. The van der Waals surface area contributed by atoms with Crippen LogP contribution in [0.5, 0.6) is 5.75 Å². The van der Waals surface area contributed by atoms with Gasteiger partial charge in [-0.05, 0) is 49.8 Å². The molecule has 2 aromatic heterocycles. The van der Waals surface area contributed by atoms with E-state index in [2.05, 4.69) is 10.2 Å². The van der Waals surface area contributed by atoms with Gasteiger partial charge in [-0.3, -0.25) is 14.6 Å². The van der Waals surface area contributed by atoms with Crippen LogP contribution < -0.4 is 4.74 Å². The molecule has 1 aliphatic heterocycles. The van der Waals surface area contributed by atoms with E-state index >= 15 is 0 Å². The maximum atomic E-state index is 13.5. The number of aromatic nitrogens is 4. The second-order valence-electron chi connectivity index (χ2n) is 8.95. The smallest absolute Gasteiger partial charge is 0.433 e. The second-order valence-corrected chi connectivity index (χ2v) is 8.95. The predicted molar refractivity (Wildman–Crippen MR) is 124 cm³/mol. The first-order valence-corrected chi connectivity index (χ1v) is 11.2. The number of nitrogens with one attached hydrogen (secondary N) is 1. The molecule has 0 saturated heterocycles. The molecule has 0 aliphatic carbocycles. The highest BCUT2D eigenvalue weighted by Crippen LogP contribution is 2.37. The molecule has 1 unspecified atom stereocenters. The quantitative estimate of drug-likeness (QED) is 0.411. The zero-order valence-corrected chi connectivity index (χ0v) is 19.3. The number of H-pyrrole nitrogens is 1. The van der Waals surface area contributed by atoms with Crippen LogP contribution in [0.25, 0.3) is 22.0 Å². The summed E-state index contributed by atoms with van der Waals surface area (Å²) in [4.78, 5) is 15.5. The molecule has 3 heterocycles.